The minimum Gasteiger partial charge on any atom is -0.455 e. The Morgan fingerprint density at radius 1 is 0.344 bits per heavy atom. The van der Waals surface area contributed by atoms with Crippen LogP contribution in [-0.4, -0.2) is 4.57 Å². The molecule has 4 nitrogen and oxygen atoms in total. The van der Waals surface area contributed by atoms with E-state index in [0.717, 1.165) is 0 Å². The van der Waals surface area contributed by atoms with Crippen LogP contribution in [0.5, 0.6) is 0 Å². The average molecular weight is 857 g/mol. The van der Waals surface area contributed by atoms with Crippen LogP contribution in [-0.2, 0) is 0 Å². The number of furan rings is 2. The van der Waals surface area contributed by atoms with Gasteiger partial charge in [0.2, 0.25) is 0 Å². The monoisotopic (exact) mass is 857 g/mol. The van der Waals surface area contributed by atoms with Gasteiger partial charge in [0.15, 0.2) is 0 Å². The summed E-state index contributed by atoms with van der Waals surface area (Å²) >= 11 is 0. The Morgan fingerprint density at radius 3 is 1.50 bits per heavy atom. The maximum Gasteiger partial charge on any atom is 0.145 e. The van der Waals surface area contributed by atoms with Gasteiger partial charge in [0, 0.05) is 54.8 Å². The third-order valence-corrected chi connectivity index (χ3v) is 10.1. The fraction of sp³-hybridized carbons (Fsp3) is 0. The second-order valence-corrected chi connectivity index (χ2v) is 13.5. The molecular weight excluding hydrogens is 781 g/mol. The molecule has 300 valence electrons. The summed E-state index contributed by atoms with van der Waals surface area (Å²) in [5.41, 5.74) is -16.8. The van der Waals surface area contributed by atoms with Gasteiger partial charge in [-0.15, -0.1) is 0 Å². The van der Waals surface area contributed by atoms with E-state index in [9.17, 15) is 27.4 Å². The number of hydrogen-bond donors (Lipinski definition) is 0. The second-order valence-electron chi connectivity index (χ2n) is 13.5. The van der Waals surface area contributed by atoms with Gasteiger partial charge in [-0.05, 0) is 83.2 Å². The first-order valence-electron chi connectivity index (χ1n) is 37.7. The first-order valence-corrected chi connectivity index (χ1v) is 18.7. The van der Waals surface area contributed by atoms with Crippen molar-refractivity contribution in [3.05, 3.63) is 230 Å². The molecular formula is C60H38N2O2. The number of hydrogen-bond acceptors (Lipinski definition) is 3. The third kappa shape index (κ3) is 5.63. The van der Waals surface area contributed by atoms with E-state index in [1.54, 1.807) is 0 Å². The van der Waals surface area contributed by atoms with Crippen molar-refractivity contribution in [1.29, 1.82) is 0 Å². The fourth-order valence-corrected chi connectivity index (χ4v) is 7.41. The minimum absolute atomic E-state index is 0.217. The van der Waals surface area contributed by atoms with Gasteiger partial charge < -0.3 is 18.3 Å². The largest absolute Gasteiger partial charge is 0.455 e. The Bertz CT molecular complexity index is 6030. The molecule has 0 saturated carbocycles. The van der Waals surface area contributed by atoms with Crippen molar-refractivity contribution in [2.75, 3.05) is 4.90 Å². The maximum atomic E-state index is 10.4. The summed E-state index contributed by atoms with van der Waals surface area (Å²) < 4.78 is 365. The van der Waals surface area contributed by atoms with Gasteiger partial charge in [-0.2, -0.15) is 0 Å². The summed E-state index contributed by atoms with van der Waals surface area (Å²) in [5.74, 6) is 0. The van der Waals surface area contributed by atoms with Crippen LogP contribution in [0.2, 0.25) is 0 Å². The standard InChI is InChI=1S/C60H38N2O2/c1-2-15-39(16-3-1)40-29-33-42(34-30-40)61(43-35-31-41(32-36-43)44-22-14-23-49-47-19-7-12-27-56(47)63-59(44)49)55-38-37-50-48-20-8-13-28-57(48)64-60(50)58(55)51-21-6-11-26-54(51)62-52-24-9-4-17-45(52)46-18-5-10-25-53(46)62/h1-38H/i1D,2D,3D,4D,5D,6D,7D,8D,9D,10D,11D,12D,13D,14D,15D,16D,17D,18D,19D,20D,21D,22D,23D,24D,25D,26D,27D,28D,29D,30D,31D,32D,33D,34D,35D,36D,37D,38D. The molecule has 64 heavy (non-hydrogen) atoms. The molecule has 0 atom stereocenters. The third-order valence-electron chi connectivity index (χ3n) is 10.1. The van der Waals surface area contributed by atoms with Crippen molar-refractivity contribution in [3.8, 4) is 39.1 Å². The lowest BCUT2D eigenvalue weighted by atomic mass is 9.96. The second kappa shape index (κ2) is 14.5. The van der Waals surface area contributed by atoms with Gasteiger partial charge in [-0.3, -0.25) is 0 Å². The molecule has 0 spiro atoms. The lowest BCUT2D eigenvalue weighted by Crippen LogP contribution is -2.12. The van der Waals surface area contributed by atoms with Gasteiger partial charge in [-0.25, -0.2) is 0 Å². The van der Waals surface area contributed by atoms with E-state index in [1.165, 1.54) is 0 Å². The van der Waals surface area contributed by atoms with Crippen LogP contribution in [0.1, 0.15) is 52.1 Å². The van der Waals surface area contributed by atoms with E-state index in [0.29, 0.717) is 4.57 Å². The van der Waals surface area contributed by atoms with Crippen LogP contribution < -0.4 is 4.90 Å². The van der Waals surface area contributed by atoms with Crippen molar-refractivity contribution >= 4 is 82.7 Å². The molecule has 0 amide bonds. The number of benzene rings is 10. The van der Waals surface area contributed by atoms with Crippen LogP contribution in [0.3, 0.4) is 0 Å². The Balaban J connectivity index is 1.32. The van der Waals surface area contributed by atoms with Crippen molar-refractivity contribution < 1.29 is 60.9 Å². The smallest absolute Gasteiger partial charge is 0.145 e. The van der Waals surface area contributed by atoms with Gasteiger partial charge in [0.25, 0.3) is 0 Å². The number of nitrogens with zero attached hydrogens (tertiary/aromatic N) is 2. The van der Waals surface area contributed by atoms with Crippen molar-refractivity contribution in [2.45, 2.75) is 0 Å². The molecule has 0 bridgehead atoms. The van der Waals surface area contributed by atoms with Crippen LogP contribution >= 0.6 is 0 Å². The zero-order valence-corrected chi connectivity index (χ0v) is 31.7. The zero-order chi connectivity index (χ0) is 75.2. The number of para-hydroxylation sites is 6. The Labute approximate surface area is 422 Å². The molecule has 0 unspecified atom stereocenters. The van der Waals surface area contributed by atoms with E-state index < -0.39 is 351 Å². The number of anilines is 3. The average Bonchev–Trinajstić information content (AvgIpc) is 1.44. The van der Waals surface area contributed by atoms with Gasteiger partial charge in [0.05, 0.1) is 80.1 Å². The SMILES string of the molecule is [2H]c1c([2H])c([2H])c(-c2c([2H])c([2H])c(N(c3c([2H])c([2H])c(-c4c([2H])c([2H])c([2H])c5c4oc4c([2H])c([2H])c([2H])c([2H])c45)c([2H])c3[2H])c3c([2H])c([2H])c4c(oc5c([2H])c([2H])c([2H])c([2H])c54)c3-c3c([2H])c([2H])c([2H])c([2H])c3-n3c4c([2H])c([2H])c([2H])c([2H])c4c4c([2H])c([2H])c([2H])c([2H])c43)c([2H])c2[2H])c([2H])c1[2H]. The molecule has 13 aromatic rings. The molecule has 13 rings (SSSR count). The van der Waals surface area contributed by atoms with E-state index in [1.807, 2.05) is 0 Å². The highest BCUT2D eigenvalue weighted by molar-refractivity contribution is 6.15. The topological polar surface area (TPSA) is 34.5 Å². The van der Waals surface area contributed by atoms with E-state index in [2.05, 4.69) is 0 Å². The molecule has 0 saturated heterocycles. The van der Waals surface area contributed by atoms with E-state index >= 15 is 0 Å². The highest BCUT2D eigenvalue weighted by Gasteiger charge is 2.26. The summed E-state index contributed by atoms with van der Waals surface area (Å²) in [6, 6.07) is -43.2. The molecule has 4 heteroatoms. The quantitative estimate of drug-likeness (QED) is 0.160. The number of fused-ring (bicyclic) bond motifs is 9. The molecule has 0 radical (unpaired) electrons. The molecule has 10 aromatic carbocycles. The fourth-order valence-electron chi connectivity index (χ4n) is 7.41. The highest BCUT2D eigenvalue weighted by atomic mass is 16.3. The van der Waals surface area contributed by atoms with Crippen molar-refractivity contribution in [3.63, 3.8) is 0 Å². The summed E-state index contributed by atoms with van der Waals surface area (Å²) in [4.78, 5) is 0.217. The first kappa shape index (κ1) is 14.8. The highest BCUT2D eigenvalue weighted by Crippen LogP contribution is 2.49. The Kier molecular flexibility index (Phi) is 3.35. The first-order chi connectivity index (χ1) is 47.6. The van der Waals surface area contributed by atoms with Crippen molar-refractivity contribution in [2.24, 2.45) is 0 Å². The normalized spacial score (nSPS) is 20.1. The summed E-state index contributed by atoms with van der Waals surface area (Å²) in [7, 11) is 0. The molecule has 0 aliphatic rings. The van der Waals surface area contributed by atoms with E-state index in [-0.39, 0.29) is 4.90 Å². The lowest BCUT2D eigenvalue weighted by Gasteiger charge is -2.29. The molecule has 0 aliphatic carbocycles. The zero-order valence-electron chi connectivity index (χ0n) is 69.7. The maximum absolute atomic E-state index is 10.4. The molecule has 0 N–H and O–H groups in total. The minimum atomic E-state index is -1.47. The summed E-state index contributed by atoms with van der Waals surface area (Å²) in [5, 5.41) is -4.14. The lowest BCUT2D eigenvalue weighted by molar-refractivity contribution is 0.669. The van der Waals surface area contributed by atoms with Crippen LogP contribution in [0, 0.1) is 0 Å². The number of rotatable bonds is 7. The summed E-state index contributed by atoms with van der Waals surface area (Å²) in [6.07, 6.45) is 0. The van der Waals surface area contributed by atoms with Gasteiger partial charge >= 0.3 is 0 Å². The summed E-state index contributed by atoms with van der Waals surface area (Å²) in [6.45, 7) is 0. The predicted molar refractivity (Wildman–Crippen MR) is 266 cm³/mol. The Hall–Kier alpha value is -8.60. The Morgan fingerprint density at radius 2 is 0.828 bits per heavy atom. The molecule has 3 heterocycles. The molecule has 0 aliphatic heterocycles. The predicted octanol–water partition coefficient (Wildman–Crippen LogP) is 17.1. The van der Waals surface area contributed by atoms with Crippen LogP contribution in [0.4, 0.5) is 17.1 Å². The van der Waals surface area contributed by atoms with Gasteiger partial charge in [-0.1, -0.05) is 163 Å². The van der Waals surface area contributed by atoms with E-state index in [4.69, 9.17) is 33.5 Å². The number of aromatic nitrogens is 1. The van der Waals surface area contributed by atoms with Crippen LogP contribution in [0.15, 0.2) is 238 Å². The van der Waals surface area contributed by atoms with Crippen LogP contribution in [0.25, 0.3) is 105 Å². The van der Waals surface area contributed by atoms with Gasteiger partial charge in [0.1, 0.15) is 22.3 Å². The van der Waals surface area contributed by atoms with Crippen molar-refractivity contribution in [1.82, 2.24) is 4.57 Å². The molecule has 0 fully saturated rings. The molecule has 3 aromatic heterocycles.